The molecule has 11 heteroatoms. The summed E-state index contributed by atoms with van der Waals surface area (Å²) in [4.78, 5) is 0. The van der Waals surface area contributed by atoms with E-state index >= 15 is 0 Å². The van der Waals surface area contributed by atoms with Gasteiger partial charge in [0.2, 0.25) is 0 Å². The van der Waals surface area contributed by atoms with Crippen LogP contribution >= 0.6 is 0 Å². The molecule has 5 rings (SSSR count). The van der Waals surface area contributed by atoms with Gasteiger partial charge in [0.15, 0.2) is 5.79 Å². The first-order chi connectivity index (χ1) is 29.4. The normalized spacial score (nSPS) is 16.9. The Morgan fingerprint density at radius 2 is 0.817 bits per heavy atom. The van der Waals surface area contributed by atoms with Gasteiger partial charge in [0.25, 0.3) is 0 Å². The molecule has 326 valence electrons. The third-order valence-corrected chi connectivity index (χ3v) is 9.35. The molecule has 0 amide bonds. The van der Waals surface area contributed by atoms with Crippen LogP contribution < -0.4 is 0 Å². The Morgan fingerprint density at radius 1 is 0.500 bits per heavy atom. The minimum absolute atomic E-state index is 0.139. The van der Waals surface area contributed by atoms with Crippen LogP contribution in [-0.4, -0.2) is 109 Å². The monoisotopic (exact) mass is 828 g/mol. The van der Waals surface area contributed by atoms with Gasteiger partial charge in [-0.25, -0.2) is 0 Å². The highest BCUT2D eigenvalue weighted by molar-refractivity contribution is 5.15. The van der Waals surface area contributed by atoms with E-state index in [-0.39, 0.29) is 50.3 Å². The molecule has 1 fully saturated rings. The molecule has 4 aromatic carbocycles. The zero-order valence-electron chi connectivity index (χ0n) is 35.3. The van der Waals surface area contributed by atoms with Gasteiger partial charge in [0, 0.05) is 0 Å². The Labute approximate surface area is 356 Å². The zero-order valence-corrected chi connectivity index (χ0v) is 35.3. The van der Waals surface area contributed by atoms with Crippen molar-refractivity contribution in [3.05, 3.63) is 156 Å². The zero-order chi connectivity index (χ0) is 41.9. The van der Waals surface area contributed by atoms with Crippen LogP contribution in [0.2, 0.25) is 0 Å². The number of benzene rings is 4. The molecule has 1 aliphatic rings. The molecular formula is C49H64O11. The predicted octanol–water partition coefficient (Wildman–Crippen LogP) is 7.75. The van der Waals surface area contributed by atoms with Gasteiger partial charge in [-0.3, -0.25) is 0 Å². The van der Waals surface area contributed by atoms with Crippen molar-refractivity contribution in [1.82, 2.24) is 0 Å². The Kier molecular flexibility index (Phi) is 22.0. The van der Waals surface area contributed by atoms with Gasteiger partial charge in [-0.2, -0.15) is 0 Å². The maximum atomic E-state index is 6.38. The molecule has 0 spiro atoms. The molecular weight excluding hydrogens is 765 g/mol. The molecule has 4 aromatic rings. The Bertz CT molecular complexity index is 1660. The fraction of sp³-hybridized carbons (Fsp3) is 0.469. The smallest absolute Gasteiger partial charge is 0.163 e. The average molecular weight is 829 g/mol. The van der Waals surface area contributed by atoms with E-state index in [1.54, 1.807) is 6.08 Å². The summed E-state index contributed by atoms with van der Waals surface area (Å²) in [5, 5.41) is 0. The minimum atomic E-state index is -0.612. The van der Waals surface area contributed by atoms with Crippen molar-refractivity contribution in [3.63, 3.8) is 0 Å². The van der Waals surface area contributed by atoms with Gasteiger partial charge in [-0.15, -0.1) is 6.58 Å². The fourth-order valence-electron chi connectivity index (χ4n) is 6.18. The molecule has 5 unspecified atom stereocenters. The molecule has 5 atom stereocenters. The predicted molar refractivity (Wildman–Crippen MR) is 229 cm³/mol. The molecule has 0 aliphatic carbocycles. The van der Waals surface area contributed by atoms with E-state index in [9.17, 15) is 0 Å². The second kappa shape index (κ2) is 27.9. The van der Waals surface area contributed by atoms with E-state index in [0.717, 1.165) is 22.3 Å². The molecule has 0 aromatic heterocycles. The van der Waals surface area contributed by atoms with E-state index < -0.39 is 5.79 Å². The standard InChI is InChI=1S/C49H64O11/c1-4-25-50-30-44(55-26-40-17-9-5-10-18-40)31-51-32-45(56-27-41-19-11-6-12-20-41)33-52-34-46(57-28-42-21-13-7-14-22-42)35-53-36-47(58-29-43-23-15-8-16-24-43)37-54-38-48-39-59-49(2,3)60-48/h4-24,44-48H,1,25-39H2,2-3H3. The summed E-state index contributed by atoms with van der Waals surface area (Å²) in [7, 11) is 0. The van der Waals surface area contributed by atoms with Gasteiger partial charge in [0.05, 0.1) is 99.1 Å². The van der Waals surface area contributed by atoms with Crippen molar-refractivity contribution in [1.29, 1.82) is 0 Å². The summed E-state index contributed by atoms with van der Waals surface area (Å²) < 4.78 is 67.5. The third-order valence-electron chi connectivity index (χ3n) is 9.35. The van der Waals surface area contributed by atoms with Gasteiger partial charge >= 0.3 is 0 Å². The summed E-state index contributed by atoms with van der Waals surface area (Å²) in [5.74, 6) is -0.612. The van der Waals surface area contributed by atoms with Crippen LogP contribution in [-0.2, 0) is 78.5 Å². The van der Waals surface area contributed by atoms with Crippen molar-refractivity contribution in [2.45, 2.75) is 76.6 Å². The highest BCUT2D eigenvalue weighted by atomic mass is 16.7. The third kappa shape index (κ3) is 19.7. The average Bonchev–Trinajstić information content (AvgIpc) is 3.63. The van der Waals surface area contributed by atoms with Crippen LogP contribution in [0.1, 0.15) is 36.1 Å². The summed E-state index contributed by atoms with van der Waals surface area (Å²) in [5.41, 5.74) is 4.26. The van der Waals surface area contributed by atoms with Gasteiger partial charge in [0.1, 0.15) is 30.5 Å². The maximum Gasteiger partial charge on any atom is 0.163 e. The topological polar surface area (TPSA) is 102 Å². The minimum Gasteiger partial charge on any atom is -0.376 e. The summed E-state index contributed by atoms with van der Waals surface area (Å²) >= 11 is 0. The lowest BCUT2D eigenvalue weighted by Gasteiger charge is -2.24. The van der Waals surface area contributed by atoms with Crippen molar-refractivity contribution in [2.24, 2.45) is 0 Å². The van der Waals surface area contributed by atoms with Crippen LogP contribution in [0.3, 0.4) is 0 Å². The highest BCUT2D eigenvalue weighted by Gasteiger charge is 2.33. The van der Waals surface area contributed by atoms with Crippen molar-refractivity contribution < 1.29 is 52.1 Å². The number of ether oxygens (including phenoxy) is 11. The van der Waals surface area contributed by atoms with E-state index in [1.165, 1.54) is 0 Å². The Hall–Kier alpha value is -3.82. The van der Waals surface area contributed by atoms with Crippen molar-refractivity contribution in [2.75, 3.05) is 72.7 Å². The van der Waals surface area contributed by atoms with Gasteiger partial charge < -0.3 is 52.1 Å². The number of rotatable bonds is 32. The molecule has 1 saturated heterocycles. The van der Waals surface area contributed by atoms with Crippen LogP contribution in [0, 0.1) is 0 Å². The lowest BCUT2D eigenvalue weighted by Crippen LogP contribution is -2.34. The van der Waals surface area contributed by atoms with E-state index in [4.69, 9.17) is 52.1 Å². The lowest BCUT2D eigenvalue weighted by molar-refractivity contribution is -0.149. The SMILES string of the molecule is C=CCOCC(COCC(COCC(COCC(COCC1COC(C)(C)O1)OCc1ccccc1)OCc1ccccc1)OCc1ccccc1)OCc1ccccc1. The second-order valence-electron chi connectivity index (χ2n) is 15.1. The van der Waals surface area contributed by atoms with Crippen LogP contribution in [0.15, 0.2) is 134 Å². The molecule has 1 heterocycles. The first-order valence-electron chi connectivity index (χ1n) is 20.9. The summed E-state index contributed by atoms with van der Waals surface area (Å²) in [6.45, 7) is 13.0. The van der Waals surface area contributed by atoms with Crippen molar-refractivity contribution >= 4 is 0 Å². The molecule has 0 N–H and O–H groups in total. The first kappa shape index (κ1) is 47.2. The second-order valence-corrected chi connectivity index (χ2v) is 15.1. The van der Waals surface area contributed by atoms with Crippen LogP contribution in [0.25, 0.3) is 0 Å². The molecule has 60 heavy (non-hydrogen) atoms. The van der Waals surface area contributed by atoms with Gasteiger partial charge in [-0.05, 0) is 36.1 Å². The molecule has 0 radical (unpaired) electrons. The fourth-order valence-corrected chi connectivity index (χ4v) is 6.18. The van der Waals surface area contributed by atoms with Gasteiger partial charge in [-0.1, -0.05) is 127 Å². The Balaban J connectivity index is 1.15. The first-order valence-corrected chi connectivity index (χ1v) is 20.9. The van der Waals surface area contributed by atoms with E-state index in [1.807, 2.05) is 135 Å². The highest BCUT2D eigenvalue weighted by Crippen LogP contribution is 2.22. The molecule has 1 aliphatic heterocycles. The quantitative estimate of drug-likeness (QED) is 0.0357. The van der Waals surface area contributed by atoms with E-state index in [0.29, 0.717) is 79.3 Å². The number of hydrogen-bond donors (Lipinski definition) is 0. The lowest BCUT2D eigenvalue weighted by atomic mass is 10.2. The summed E-state index contributed by atoms with van der Waals surface area (Å²) in [6, 6.07) is 40.2. The van der Waals surface area contributed by atoms with Crippen LogP contribution in [0.4, 0.5) is 0 Å². The Morgan fingerprint density at radius 3 is 1.12 bits per heavy atom. The van der Waals surface area contributed by atoms with E-state index in [2.05, 4.69) is 6.58 Å². The largest absolute Gasteiger partial charge is 0.376 e. The number of hydrogen-bond acceptors (Lipinski definition) is 11. The summed E-state index contributed by atoms with van der Waals surface area (Å²) in [6.07, 6.45) is 0.237. The van der Waals surface area contributed by atoms with Crippen LogP contribution in [0.5, 0.6) is 0 Å². The molecule has 11 nitrogen and oxygen atoms in total. The molecule has 0 saturated carbocycles. The van der Waals surface area contributed by atoms with Crippen molar-refractivity contribution in [3.8, 4) is 0 Å². The maximum absolute atomic E-state index is 6.38. The molecule has 0 bridgehead atoms.